The molecule has 1 fully saturated rings. The molecular weight excluding hydrogens is 195 g/mol. The molecule has 1 heteroatoms. The van der Waals surface area contributed by atoms with Crippen LogP contribution in [0.2, 0.25) is 0 Å². The minimum atomic E-state index is 0. The Balaban J connectivity index is -0.000000155. The molecule has 1 saturated carbocycles. The van der Waals surface area contributed by atoms with Crippen molar-refractivity contribution < 1.29 is 51.4 Å². The van der Waals surface area contributed by atoms with Crippen molar-refractivity contribution >= 4 is 0 Å². The van der Waals surface area contributed by atoms with Gasteiger partial charge in [0.05, 0.1) is 0 Å². The second kappa shape index (κ2) is 12.4. The summed E-state index contributed by atoms with van der Waals surface area (Å²) in [7, 11) is 0. The first kappa shape index (κ1) is 20.7. The molecule has 0 aromatic carbocycles. The van der Waals surface area contributed by atoms with Crippen LogP contribution in [0, 0.1) is 39.0 Å². The minimum Gasteiger partial charge on any atom is -0.358 e. The van der Waals surface area contributed by atoms with Crippen molar-refractivity contribution in [2.24, 2.45) is 17.8 Å². The molecule has 1 aliphatic rings. The first-order valence-electron chi connectivity index (χ1n) is 4.85. The summed E-state index contributed by atoms with van der Waals surface area (Å²) in [6, 6.07) is 0. The fraction of sp³-hybridized carbons (Fsp3) is 0.615. The standard InChI is InChI=1S/C7H14.C5H8.CH3.K/c1-6(2)5-7(3)4;1-2-5-3-4-5;;/h6-7H,1,3,5H2,2,4H3;2,5H,1,3-4H2;1H3;/q-2;;-1;+1. The van der Waals surface area contributed by atoms with Crippen molar-refractivity contribution in [2.45, 2.75) is 33.1 Å². The van der Waals surface area contributed by atoms with Crippen LogP contribution >= 0.6 is 0 Å². The number of rotatable bonds is 3. The molecule has 80 valence electrons. The van der Waals surface area contributed by atoms with Crippen LogP contribution in [0.1, 0.15) is 33.1 Å². The van der Waals surface area contributed by atoms with Crippen LogP contribution in [0.15, 0.2) is 12.7 Å². The zero-order valence-electron chi connectivity index (χ0n) is 10.6. The van der Waals surface area contributed by atoms with Gasteiger partial charge in [-0.25, -0.2) is 0 Å². The normalized spacial score (nSPS) is 17.4. The van der Waals surface area contributed by atoms with Gasteiger partial charge in [0.1, 0.15) is 0 Å². The molecular formula is C13H25K-2. The van der Waals surface area contributed by atoms with Crippen LogP contribution < -0.4 is 51.4 Å². The molecule has 0 amide bonds. The predicted octanol–water partition coefficient (Wildman–Crippen LogP) is 1.35. The van der Waals surface area contributed by atoms with E-state index < -0.39 is 0 Å². The first-order chi connectivity index (χ1) is 5.56. The molecule has 0 radical (unpaired) electrons. The molecule has 1 aliphatic carbocycles. The van der Waals surface area contributed by atoms with E-state index in [0.29, 0.717) is 11.8 Å². The van der Waals surface area contributed by atoms with E-state index in [0.717, 1.165) is 12.3 Å². The molecule has 0 nitrogen and oxygen atoms in total. The second-order valence-corrected chi connectivity index (χ2v) is 4.02. The van der Waals surface area contributed by atoms with E-state index in [1.165, 1.54) is 12.8 Å². The molecule has 1 rings (SSSR count). The molecule has 2 atom stereocenters. The Bertz CT molecular complexity index is 106. The average molecular weight is 220 g/mol. The van der Waals surface area contributed by atoms with Crippen molar-refractivity contribution in [1.82, 2.24) is 0 Å². The maximum Gasteiger partial charge on any atom is 1.00 e. The summed E-state index contributed by atoms with van der Waals surface area (Å²) >= 11 is 0. The van der Waals surface area contributed by atoms with Crippen molar-refractivity contribution in [3.63, 3.8) is 0 Å². The molecule has 0 aromatic rings. The molecule has 0 heterocycles. The van der Waals surface area contributed by atoms with E-state index in [-0.39, 0.29) is 58.8 Å². The largest absolute Gasteiger partial charge is 1.00 e. The summed E-state index contributed by atoms with van der Waals surface area (Å²) in [5.74, 6) is 2.02. The molecule has 0 bridgehead atoms. The zero-order chi connectivity index (χ0) is 9.56. The summed E-state index contributed by atoms with van der Waals surface area (Å²) in [6.07, 6.45) is 5.95. The summed E-state index contributed by atoms with van der Waals surface area (Å²) in [6.45, 7) is 15.5. The Labute approximate surface area is 134 Å². The van der Waals surface area contributed by atoms with Crippen LogP contribution in [0.5, 0.6) is 0 Å². The topological polar surface area (TPSA) is 0 Å². The summed E-state index contributed by atoms with van der Waals surface area (Å²) in [5, 5.41) is 0. The van der Waals surface area contributed by atoms with Gasteiger partial charge in [-0.15, -0.1) is 13.0 Å². The van der Waals surface area contributed by atoms with E-state index in [2.05, 4.69) is 34.3 Å². The van der Waals surface area contributed by atoms with Gasteiger partial charge in [-0.3, -0.25) is 0 Å². The van der Waals surface area contributed by atoms with E-state index in [4.69, 9.17) is 0 Å². The third kappa shape index (κ3) is 19.0. The Kier molecular flexibility index (Phi) is 18.4. The van der Waals surface area contributed by atoms with Gasteiger partial charge in [0, 0.05) is 0 Å². The number of hydrogen-bond donors (Lipinski definition) is 0. The predicted molar refractivity (Wildman–Crippen MR) is 63.0 cm³/mol. The Hall–Kier alpha value is 1.38. The van der Waals surface area contributed by atoms with Gasteiger partial charge in [-0.05, 0) is 18.8 Å². The molecule has 0 saturated heterocycles. The smallest absolute Gasteiger partial charge is 0.358 e. The molecule has 0 spiro atoms. The van der Waals surface area contributed by atoms with Gasteiger partial charge in [0.15, 0.2) is 0 Å². The first-order valence-corrected chi connectivity index (χ1v) is 4.85. The van der Waals surface area contributed by atoms with E-state index in [9.17, 15) is 0 Å². The van der Waals surface area contributed by atoms with Gasteiger partial charge in [-0.1, -0.05) is 19.9 Å². The molecule has 14 heavy (non-hydrogen) atoms. The number of hydrogen-bond acceptors (Lipinski definition) is 0. The fourth-order valence-electron chi connectivity index (χ4n) is 1.02. The monoisotopic (exact) mass is 220 g/mol. The third-order valence-corrected chi connectivity index (χ3v) is 1.76. The number of allylic oxidation sites excluding steroid dienone is 1. The van der Waals surface area contributed by atoms with Crippen molar-refractivity contribution in [3.05, 3.63) is 33.9 Å². The van der Waals surface area contributed by atoms with Gasteiger partial charge >= 0.3 is 51.4 Å². The van der Waals surface area contributed by atoms with Gasteiger partial charge in [-0.2, -0.15) is 11.8 Å². The Morgan fingerprint density at radius 2 is 1.64 bits per heavy atom. The summed E-state index contributed by atoms with van der Waals surface area (Å²) in [4.78, 5) is 0. The quantitative estimate of drug-likeness (QED) is 0.383. The van der Waals surface area contributed by atoms with Crippen molar-refractivity contribution in [3.8, 4) is 0 Å². The van der Waals surface area contributed by atoms with Crippen LogP contribution in [-0.4, -0.2) is 0 Å². The second-order valence-electron chi connectivity index (χ2n) is 4.02. The average Bonchev–Trinajstić information content (AvgIpc) is 2.66. The van der Waals surface area contributed by atoms with E-state index in [1.54, 1.807) is 0 Å². The van der Waals surface area contributed by atoms with Gasteiger partial charge < -0.3 is 21.3 Å². The zero-order valence-corrected chi connectivity index (χ0v) is 13.7. The van der Waals surface area contributed by atoms with Crippen LogP contribution in [0.4, 0.5) is 0 Å². The molecule has 0 aromatic heterocycles. The minimum absolute atomic E-state index is 0. The van der Waals surface area contributed by atoms with Crippen molar-refractivity contribution in [2.75, 3.05) is 0 Å². The molecule has 0 aliphatic heterocycles. The maximum absolute atomic E-state index is 3.84. The van der Waals surface area contributed by atoms with Crippen LogP contribution in [0.25, 0.3) is 0 Å². The Morgan fingerprint density at radius 1 is 1.29 bits per heavy atom. The molecule has 2 unspecified atom stereocenters. The summed E-state index contributed by atoms with van der Waals surface area (Å²) in [5.41, 5.74) is 0. The van der Waals surface area contributed by atoms with Crippen LogP contribution in [-0.2, 0) is 0 Å². The summed E-state index contributed by atoms with van der Waals surface area (Å²) < 4.78 is 0. The fourth-order valence-corrected chi connectivity index (χ4v) is 1.02. The van der Waals surface area contributed by atoms with Gasteiger partial charge in [0.2, 0.25) is 0 Å². The molecule has 0 N–H and O–H groups in total. The van der Waals surface area contributed by atoms with Crippen molar-refractivity contribution in [1.29, 1.82) is 0 Å². The third-order valence-electron chi connectivity index (χ3n) is 1.76. The van der Waals surface area contributed by atoms with Gasteiger partial charge in [0.25, 0.3) is 0 Å². The Morgan fingerprint density at radius 3 is 1.64 bits per heavy atom. The van der Waals surface area contributed by atoms with E-state index >= 15 is 0 Å². The van der Waals surface area contributed by atoms with E-state index in [1.807, 2.05) is 6.08 Å². The SMILES string of the molecule is C=CC1CC1.[CH2-]C(C)CC([CH2-])C.[CH3-].[K+]. The van der Waals surface area contributed by atoms with Crippen LogP contribution in [0.3, 0.4) is 0 Å². The maximum atomic E-state index is 3.84.